The highest BCUT2D eigenvalue weighted by molar-refractivity contribution is 5.95. The first-order valence-corrected chi connectivity index (χ1v) is 30.7. The molecule has 1 aromatic carbocycles. The molecule has 5 aliphatic carbocycles. The number of esters is 1. The average molecular weight is 1240 g/mol. The Bertz CT molecular complexity index is 2600. The molecule has 1 aromatic rings. The van der Waals surface area contributed by atoms with E-state index < -0.39 is 207 Å². The zero-order valence-electron chi connectivity index (χ0n) is 50.7. The summed E-state index contributed by atoms with van der Waals surface area (Å²) in [5, 5.41) is 170. The van der Waals surface area contributed by atoms with Crippen molar-refractivity contribution >= 4 is 11.7 Å². The van der Waals surface area contributed by atoms with Crippen LogP contribution in [0.1, 0.15) is 104 Å². The summed E-state index contributed by atoms with van der Waals surface area (Å²) in [4.78, 5) is 13.4. The van der Waals surface area contributed by atoms with Crippen molar-refractivity contribution in [3.63, 3.8) is 0 Å². The molecule has 26 nitrogen and oxygen atoms in total. The van der Waals surface area contributed by atoms with Crippen LogP contribution in [-0.2, 0) is 42.6 Å². The van der Waals surface area contributed by atoms with E-state index in [2.05, 4.69) is 46.0 Å². The summed E-state index contributed by atoms with van der Waals surface area (Å²) in [6, 6.07) is 6.52. The maximum absolute atomic E-state index is 13.4. The van der Waals surface area contributed by atoms with E-state index in [1.165, 1.54) is 6.07 Å². The van der Waals surface area contributed by atoms with Crippen LogP contribution in [0.2, 0.25) is 0 Å². The van der Waals surface area contributed by atoms with E-state index in [-0.39, 0.29) is 35.8 Å². The van der Waals surface area contributed by atoms with E-state index >= 15 is 0 Å². The molecule has 494 valence electrons. The molecule has 9 aliphatic rings. The Balaban J connectivity index is 0.829. The predicted octanol–water partition coefficient (Wildman–Crippen LogP) is -2.10. The number of carbonyl (C=O) groups is 1. The lowest BCUT2D eigenvalue weighted by molar-refractivity contribution is -0.352. The van der Waals surface area contributed by atoms with Gasteiger partial charge in [-0.15, -0.1) is 0 Å². The van der Waals surface area contributed by atoms with Gasteiger partial charge >= 0.3 is 5.97 Å². The van der Waals surface area contributed by atoms with E-state index in [9.17, 15) is 81.4 Å². The summed E-state index contributed by atoms with van der Waals surface area (Å²) < 4.78 is 53.6. The quantitative estimate of drug-likeness (QED) is 0.0508. The molecular weight excluding hydrogens is 1150 g/mol. The van der Waals surface area contributed by atoms with Gasteiger partial charge in [0, 0.05) is 12.7 Å². The maximum atomic E-state index is 13.4. The van der Waals surface area contributed by atoms with Crippen molar-refractivity contribution in [1.82, 2.24) is 0 Å². The largest absolute Gasteiger partial charge is 0.453 e. The number of fused-ring (bicyclic) bond motifs is 7. The standard InChI is InChI=1S/C61H95NO25/c1-56(2)19-28-27-13-14-35-58(5)17-16-37(85-54-46(75)42(71)40(69)33(84-54)24-81-53-45(74)41(70)39(68)32(83-53)23-80-52-44(73)38(67)30(65)22-79-52)57(3,4)34(58)15-18-59(35,6)60(27,7)20-36(66)61(28,25-64)50(49(56)77)87-55-47(76)43(72)48(31(21-63)82-55)86-51(78)26-11-9-10-12-29(26)62-8/h9-13,28,30-50,52-55,62-77H,14-25H2,1-8H3/t28-,30+,31+,32+,33+,34-,35+,36-,37-,38-,39+,40+,41-,42-,43+,44+,45+,46+,47+,48+,49-,50-,52-,53+,54-,55-,58-,59+,60+,61-/m0/s1. The fraction of sp³-hybridized carbons (Fsp3) is 0.852. The molecule has 10 rings (SSSR count). The summed E-state index contributed by atoms with van der Waals surface area (Å²) in [7, 11) is 1.62. The van der Waals surface area contributed by atoms with Gasteiger partial charge in [-0.2, -0.15) is 0 Å². The van der Waals surface area contributed by atoms with Crippen LogP contribution >= 0.6 is 0 Å². The minimum absolute atomic E-state index is 0.0304. The molecule has 0 bridgehead atoms. The van der Waals surface area contributed by atoms with Gasteiger partial charge in [0.25, 0.3) is 0 Å². The summed E-state index contributed by atoms with van der Waals surface area (Å²) in [6.07, 6.45) is -29.3. The molecule has 30 atom stereocenters. The summed E-state index contributed by atoms with van der Waals surface area (Å²) in [6.45, 7) is 11.9. The van der Waals surface area contributed by atoms with Crippen LogP contribution < -0.4 is 5.32 Å². The molecule has 0 amide bonds. The van der Waals surface area contributed by atoms with Gasteiger partial charge in [0.1, 0.15) is 85.5 Å². The second kappa shape index (κ2) is 25.0. The molecule has 4 saturated heterocycles. The number of hydrogen-bond donors (Lipinski definition) is 16. The van der Waals surface area contributed by atoms with Crippen molar-refractivity contribution in [2.45, 2.75) is 235 Å². The Morgan fingerprint density at radius 2 is 1.23 bits per heavy atom. The summed E-state index contributed by atoms with van der Waals surface area (Å²) >= 11 is 0. The van der Waals surface area contributed by atoms with Crippen LogP contribution in [0.5, 0.6) is 0 Å². The minimum Gasteiger partial charge on any atom is -0.453 e. The zero-order chi connectivity index (χ0) is 63.4. The summed E-state index contributed by atoms with van der Waals surface area (Å²) in [5.74, 6) is -1.32. The number of para-hydroxylation sites is 1. The number of benzene rings is 1. The Hall–Kier alpha value is -2.69. The predicted molar refractivity (Wildman–Crippen MR) is 300 cm³/mol. The third kappa shape index (κ3) is 11.1. The number of rotatable bonds is 15. The third-order valence-corrected chi connectivity index (χ3v) is 23.0. The molecule has 0 aromatic heterocycles. The Labute approximate surface area is 505 Å². The average Bonchev–Trinajstić information content (AvgIpc) is 0.673. The number of aliphatic hydroxyl groups excluding tert-OH is 15. The number of carbonyl (C=O) groups excluding carboxylic acids is 1. The number of aliphatic hydroxyl groups is 15. The molecule has 4 saturated carbocycles. The third-order valence-electron chi connectivity index (χ3n) is 23.0. The zero-order valence-corrected chi connectivity index (χ0v) is 50.7. The smallest absolute Gasteiger partial charge is 0.340 e. The van der Waals surface area contributed by atoms with E-state index in [1.807, 2.05) is 13.8 Å². The van der Waals surface area contributed by atoms with Crippen molar-refractivity contribution in [3.8, 4) is 0 Å². The minimum atomic E-state index is -1.88. The van der Waals surface area contributed by atoms with Crippen molar-refractivity contribution in [2.24, 2.45) is 50.2 Å². The van der Waals surface area contributed by atoms with E-state index in [1.54, 1.807) is 25.2 Å². The van der Waals surface area contributed by atoms with Crippen molar-refractivity contribution in [1.29, 1.82) is 0 Å². The molecule has 0 spiro atoms. The topological polar surface area (TPSA) is 416 Å². The highest BCUT2D eigenvalue weighted by Crippen LogP contribution is 2.76. The van der Waals surface area contributed by atoms with Crippen LogP contribution in [0.15, 0.2) is 35.9 Å². The van der Waals surface area contributed by atoms with Gasteiger partial charge in [0.15, 0.2) is 31.3 Å². The van der Waals surface area contributed by atoms with Gasteiger partial charge in [-0.25, -0.2) is 4.79 Å². The normalized spacial score (nSPS) is 50.3. The number of allylic oxidation sites excluding steroid dienone is 2. The SMILES string of the molecule is CNc1ccccc1C(=O)O[C@H]1[C@H](O)[C@@H](O)[C@H](O[C@H]2[C@H](O)C(C)(C)C[C@H]3C4=CC[C@@H]5[C@@]6(C)CC[C@H](O[C@@H]7O[C@H](CO[C@@H]8O[C@H](CO[C@@H]9OC[C@@H](O)[C@H](O)[C@H]9O)[C@@H](O)[C@H](O)[C@H]8O)[C@@H](O)[C@H](O)[C@H]7O)C(C)(C)[C@@H]6CC[C@@]5(C)[C@]4(C)C[C@H](O)[C@]32CO)O[C@@H]1CO. The number of nitrogens with one attached hydrogen (secondary N) is 1. The number of anilines is 1. The molecule has 4 heterocycles. The first-order valence-electron chi connectivity index (χ1n) is 30.7. The van der Waals surface area contributed by atoms with Crippen molar-refractivity contribution < 1.29 is 124 Å². The van der Waals surface area contributed by atoms with E-state index in [4.69, 9.17) is 42.6 Å². The first-order chi connectivity index (χ1) is 40.9. The van der Waals surface area contributed by atoms with Crippen LogP contribution in [0.3, 0.4) is 0 Å². The van der Waals surface area contributed by atoms with E-state index in [0.29, 0.717) is 31.4 Å². The Kier molecular flexibility index (Phi) is 19.3. The lowest BCUT2D eigenvalue weighted by Gasteiger charge is -2.72. The monoisotopic (exact) mass is 1240 g/mol. The lowest BCUT2D eigenvalue weighted by atomic mass is 9.33. The van der Waals surface area contributed by atoms with Crippen LogP contribution in [0.4, 0.5) is 5.69 Å². The fourth-order valence-corrected chi connectivity index (χ4v) is 17.6. The van der Waals surface area contributed by atoms with E-state index in [0.717, 1.165) is 18.4 Å². The van der Waals surface area contributed by atoms with Gasteiger partial charge in [-0.1, -0.05) is 72.2 Å². The number of hydrogen-bond acceptors (Lipinski definition) is 26. The van der Waals surface area contributed by atoms with Crippen molar-refractivity contribution in [2.75, 3.05) is 45.4 Å². The molecular formula is C61H95NO25. The van der Waals surface area contributed by atoms with Crippen LogP contribution in [0, 0.1) is 50.2 Å². The van der Waals surface area contributed by atoms with Crippen LogP contribution in [0.25, 0.3) is 0 Å². The molecule has 8 fully saturated rings. The van der Waals surface area contributed by atoms with Gasteiger partial charge in [0.2, 0.25) is 0 Å². The molecule has 87 heavy (non-hydrogen) atoms. The first kappa shape index (κ1) is 67.2. The lowest BCUT2D eigenvalue weighted by Crippen LogP contribution is -2.73. The Morgan fingerprint density at radius 1 is 0.644 bits per heavy atom. The number of ether oxygens (including phenoxy) is 9. The van der Waals surface area contributed by atoms with Gasteiger partial charge in [-0.05, 0) is 102 Å². The molecule has 0 unspecified atom stereocenters. The molecule has 4 aliphatic heterocycles. The van der Waals surface area contributed by atoms with Crippen molar-refractivity contribution in [3.05, 3.63) is 41.5 Å². The maximum Gasteiger partial charge on any atom is 0.340 e. The van der Waals surface area contributed by atoms with Gasteiger partial charge < -0.3 is 125 Å². The fourth-order valence-electron chi connectivity index (χ4n) is 17.6. The highest BCUT2D eigenvalue weighted by Gasteiger charge is 2.73. The highest BCUT2D eigenvalue weighted by atomic mass is 16.8. The molecule has 0 radical (unpaired) electrons. The second-order valence-corrected chi connectivity index (χ2v) is 28.3. The molecule has 26 heteroatoms. The van der Waals surface area contributed by atoms with Crippen LogP contribution in [-0.4, -0.2) is 264 Å². The van der Waals surface area contributed by atoms with Gasteiger partial charge in [0.05, 0.1) is 68.4 Å². The van der Waals surface area contributed by atoms with Gasteiger partial charge in [-0.3, -0.25) is 0 Å². The molecule has 16 N–H and O–H groups in total. The second-order valence-electron chi connectivity index (χ2n) is 28.3. The Morgan fingerprint density at radius 3 is 1.87 bits per heavy atom. The summed E-state index contributed by atoms with van der Waals surface area (Å²) in [5.41, 5.74) is -2.82.